The van der Waals surface area contributed by atoms with Crippen molar-refractivity contribution in [1.29, 1.82) is 0 Å². The molecule has 33 heavy (non-hydrogen) atoms. The van der Waals surface area contributed by atoms with Crippen LogP contribution >= 0.6 is 0 Å². The summed E-state index contributed by atoms with van der Waals surface area (Å²) in [5, 5.41) is 6.20. The van der Waals surface area contributed by atoms with Gasteiger partial charge in [-0.05, 0) is 48.0 Å². The first-order chi connectivity index (χ1) is 16.1. The van der Waals surface area contributed by atoms with E-state index in [0.717, 1.165) is 5.56 Å². The molecule has 4 rings (SSSR count). The Morgan fingerprint density at radius 3 is 2.33 bits per heavy atom. The summed E-state index contributed by atoms with van der Waals surface area (Å²) in [6, 6.07) is 21.5. The summed E-state index contributed by atoms with van der Waals surface area (Å²) in [5.41, 5.74) is 2.17. The maximum absolute atomic E-state index is 12.9. The molecule has 0 aliphatic carbocycles. The third-order valence-electron chi connectivity index (χ3n) is 4.92. The number of anilines is 2. The fourth-order valence-corrected chi connectivity index (χ4v) is 3.33. The van der Waals surface area contributed by atoms with Crippen molar-refractivity contribution >= 4 is 40.2 Å². The van der Waals surface area contributed by atoms with Gasteiger partial charge in [0.2, 0.25) is 11.7 Å². The van der Waals surface area contributed by atoms with Crippen LogP contribution in [0.2, 0.25) is 0 Å². The molecule has 0 aliphatic heterocycles. The van der Waals surface area contributed by atoms with Crippen molar-refractivity contribution in [3.8, 4) is 11.5 Å². The van der Waals surface area contributed by atoms with Gasteiger partial charge in [0, 0.05) is 17.1 Å². The van der Waals surface area contributed by atoms with Gasteiger partial charge < -0.3 is 24.5 Å². The SMILES string of the molecule is COc1ccc(/C=C\C(=O)Nc2c(C(=O)Nc3ccccc3)oc3ccccc23)cc1OC. The average molecular weight is 442 g/mol. The molecular weight excluding hydrogens is 420 g/mol. The lowest BCUT2D eigenvalue weighted by molar-refractivity contribution is -0.111. The molecular formula is C26H22N2O5. The van der Waals surface area contributed by atoms with Crippen molar-refractivity contribution in [1.82, 2.24) is 0 Å². The Labute approximate surface area is 190 Å². The highest BCUT2D eigenvalue weighted by molar-refractivity contribution is 6.16. The van der Waals surface area contributed by atoms with Crippen LogP contribution < -0.4 is 20.1 Å². The molecule has 0 aliphatic rings. The molecule has 0 atom stereocenters. The quantitative estimate of drug-likeness (QED) is 0.377. The van der Waals surface area contributed by atoms with Crippen molar-refractivity contribution in [3.05, 3.63) is 90.2 Å². The first-order valence-corrected chi connectivity index (χ1v) is 10.2. The minimum atomic E-state index is -0.462. The Morgan fingerprint density at radius 2 is 1.58 bits per heavy atom. The van der Waals surface area contributed by atoms with Gasteiger partial charge in [0.25, 0.3) is 5.91 Å². The van der Waals surface area contributed by atoms with E-state index in [4.69, 9.17) is 13.9 Å². The largest absolute Gasteiger partial charge is 0.493 e. The monoisotopic (exact) mass is 442 g/mol. The van der Waals surface area contributed by atoms with E-state index in [-0.39, 0.29) is 5.76 Å². The summed E-state index contributed by atoms with van der Waals surface area (Å²) in [7, 11) is 3.10. The van der Waals surface area contributed by atoms with Gasteiger partial charge >= 0.3 is 0 Å². The smallest absolute Gasteiger partial charge is 0.293 e. The third kappa shape index (κ3) is 4.88. The lowest BCUT2D eigenvalue weighted by atomic mass is 10.1. The summed E-state index contributed by atoms with van der Waals surface area (Å²) in [6.45, 7) is 0. The minimum Gasteiger partial charge on any atom is -0.493 e. The predicted molar refractivity (Wildman–Crippen MR) is 128 cm³/mol. The lowest BCUT2D eigenvalue weighted by Gasteiger charge is -2.08. The molecule has 0 bridgehead atoms. The Hall–Kier alpha value is -4.52. The number of fused-ring (bicyclic) bond motifs is 1. The van der Waals surface area contributed by atoms with Crippen LogP contribution in [0.4, 0.5) is 11.4 Å². The van der Waals surface area contributed by atoms with Crippen LogP contribution in [0.1, 0.15) is 16.1 Å². The summed E-state index contributed by atoms with van der Waals surface area (Å²) < 4.78 is 16.3. The second-order valence-corrected chi connectivity index (χ2v) is 7.06. The normalized spacial score (nSPS) is 10.8. The molecule has 0 saturated carbocycles. The molecule has 0 fully saturated rings. The molecule has 7 nitrogen and oxygen atoms in total. The molecule has 0 radical (unpaired) electrons. The molecule has 1 heterocycles. The average Bonchev–Trinajstić information content (AvgIpc) is 3.21. The van der Waals surface area contributed by atoms with Gasteiger partial charge in [-0.1, -0.05) is 36.4 Å². The van der Waals surface area contributed by atoms with Gasteiger partial charge in [-0.2, -0.15) is 0 Å². The lowest BCUT2D eigenvalue weighted by Crippen LogP contribution is -2.15. The molecule has 2 amide bonds. The number of carbonyl (C=O) groups excluding carboxylic acids is 2. The molecule has 3 aromatic carbocycles. The van der Waals surface area contributed by atoms with Crippen LogP contribution in [0.25, 0.3) is 17.0 Å². The Balaban J connectivity index is 1.58. The van der Waals surface area contributed by atoms with E-state index in [2.05, 4.69) is 10.6 Å². The van der Waals surface area contributed by atoms with Crippen molar-refractivity contribution in [2.75, 3.05) is 24.9 Å². The standard InChI is InChI=1S/C26H22N2O5/c1-31-21-14-12-17(16-22(21)32-2)13-15-23(29)28-24-19-10-6-7-11-20(19)33-25(24)26(30)27-18-8-4-3-5-9-18/h3-16H,1-2H3,(H,27,30)(H,28,29)/b15-13-. The van der Waals surface area contributed by atoms with E-state index in [1.54, 1.807) is 68.8 Å². The second kappa shape index (κ2) is 9.74. The number of para-hydroxylation sites is 2. The third-order valence-corrected chi connectivity index (χ3v) is 4.92. The fourth-order valence-electron chi connectivity index (χ4n) is 3.33. The van der Waals surface area contributed by atoms with Crippen molar-refractivity contribution < 1.29 is 23.5 Å². The summed E-state index contributed by atoms with van der Waals surface area (Å²) >= 11 is 0. The summed E-state index contributed by atoms with van der Waals surface area (Å²) in [6.07, 6.45) is 3.02. The van der Waals surface area contributed by atoms with E-state index in [0.29, 0.717) is 33.8 Å². The molecule has 0 unspecified atom stereocenters. The Morgan fingerprint density at radius 1 is 0.848 bits per heavy atom. The first-order valence-electron chi connectivity index (χ1n) is 10.2. The number of hydrogen-bond donors (Lipinski definition) is 2. The topological polar surface area (TPSA) is 89.8 Å². The van der Waals surface area contributed by atoms with Crippen molar-refractivity contribution in [2.45, 2.75) is 0 Å². The van der Waals surface area contributed by atoms with Crippen molar-refractivity contribution in [2.24, 2.45) is 0 Å². The van der Waals surface area contributed by atoms with Crippen LogP contribution in [0.5, 0.6) is 11.5 Å². The number of hydrogen-bond acceptors (Lipinski definition) is 5. The van der Waals surface area contributed by atoms with Crippen LogP contribution in [-0.2, 0) is 4.79 Å². The van der Waals surface area contributed by atoms with E-state index in [1.165, 1.54) is 6.08 Å². The van der Waals surface area contributed by atoms with Gasteiger partial charge in [-0.15, -0.1) is 0 Å². The van der Waals surface area contributed by atoms with Gasteiger partial charge in [0.1, 0.15) is 11.3 Å². The first kappa shape index (κ1) is 21.7. The highest BCUT2D eigenvalue weighted by Gasteiger charge is 2.22. The van der Waals surface area contributed by atoms with E-state index < -0.39 is 11.8 Å². The predicted octanol–water partition coefficient (Wildman–Crippen LogP) is 5.35. The number of furan rings is 1. The number of rotatable bonds is 7. The number of nitrogens with one attached hydrogen (secondary N) is 2. The second-order valence-electron chi connectivity index (χ2n) is 7.06. The molecule has 4 aromatic rings. The van der Waals surface area contributed by atoms with Crippen LogP contribution in [0.3, 0.4) is 0 Å². The van der Waals surface area contributed by atoms with Gasteiger partial charge in [-0.25, -0.2) is 0 Å². The van der Waals surface area contributed by atoms with E-state index in [1.807, 2.05) is 24.3 Å². The fraction of sp³-hybridized carbons (Fsp3) is 0.0769. The Kier molecular flexibility index (Phi) is 6.40. The highest BCUT2D eigenvalue weighted by Crippen LogP contribution is 2.32. The molecule has 1 aromatic heterocycles. The van der Waals surface area contributed by atoms with E-state index in [9.17, 15) is 9.59 Å². The van der Waals surface area contributed by atoms with Crippen LogP contribution in [0.15, 0.2) is 83.3 Å². The zero-order valence-electron chi connectivity index (χ0n) is 18.1. The number of methoxy groups -OCH3 is 2. The molecule has 2 N–H and O–H groups in total. The maximum Gasteiger partial charge on any atom is 0.293 e. The maximum atomic E-state index is 12.9. The molecule has 0 spiro atoms. The zero-order valence-corrected chi connectivity index (χ0v) is 18.1. The highest BCUT2D eigenvalue weighted by atomic mass is 16.5. The number of benzene rings is 3. The van der Waals surface area contributed by atoms with Crippen LogP contribution in [-0.4, -0.2) is 26.0 Å². The van der Waals surface area contributed by atoms with Gasteiger partial charge in [0.15, 0.2) is 11.5 Å². The number of ether oxygens (including phenoxy) is 2. The van der Waals surface area contributed by atoms with Crippen molar-refractivity contribution in [3.63, 3.8) is 0 Å². The Bertz CT molecular complexity index is 1330. The number of carbonyl (C=O) groups is 2. The molecule has 0 saturated heterocycles. The summed E-state index contributed by atoms with van der Waals surface area (Å²) in [5.74, 6) is 0.299. The number of amides is 2. The van der Waals surface area contributed by atoms with Gasteiger partial charge in [-0.3, -0.25) is 9.59 Å². The summed E-state index contributed by atoms with van der Waals surface area (Å²) in [4.78, 5) is 25.6. The van der Waals surface area contributed by atoms with Crippen LogP contribution in [0, 0.1) is 0 Å². The zero-order chi connectivity index (χ0) is 23.2. The van der Waals surface area contributed by atoms with E-state index >= 15 is 0 Å². The molecule has 7 heteroatoms. The van der Waals surface area contributed by atoms with Gasteiger partial charge in [0.05, 0.1) is 14.2 Å². The molecule has 166 valence electrons. The minimum absolute atomic E-state index is 0.0212.